The van der Waals surface area contributed by atoms with Crippen LogP contribution in [0.4, 0.5) is 8.78 Å². The third kappa shape index (κ3) is 3.41. The van der Waals surface area contributed by atoms with Gasteiger partial charge < -0.3 is 14.6 Å². The minimum atomic E-state index is -1.46. The molecule has 124 valence electrons. The van der Waals surface area contributed by atoms with Crippen LogP contribution in [0, 0.1) is 23.0 Å². The summed E-state index contributed by atoms with van der Waals surface area (Å²) in [6.07, 6.45) is 1.43. The highest BCUT2D eigenvalue weighted by Crippen LogP contribution is 2.20. The van der Waals surface area contributed by atoms with Gasteiger partial charge in [-0.3, -0.25) is 4.79 Å². The standard InChI is InChI=1S/C16H13F2N3O3/c1-21-8-9(7-19)5-13(21)15(22)20-14(16(23)24-2)11-4-3-10(17)6-12(11)18/h3-6,8,14H,1-2H3,(H,20,22). The molecule has 2 aromatic rings. The van der Waals surface area contributed by atoms with Crippen molar-refractivity contribution in [1.82, 2.24) is 9.88 Å². The molecule has 1 unspecified atom stereocenters. The number of nitrogens with zero attached hydrogens (tertiary/aromatic N) is 2. The fourth-order valence-corrected chi connectivity index (χ4v) is 2.17. The highest BCUT2D eigenvalue weighted by molar-refractivity contribution is 5.96. The molecule has 1 N–H and O–H groups in total. The van der Waals surface area contributed by atoms with Crippen molar-refractivity contribution in [2.45, 2.75) is 6.04 Å². The molecule has 1 aromatic heterocycles. The molecule has 0 saturated carbocycles. The number of amides is 1. The van der Waals surface area contributed by atoms with E-state index in [4.69, 9.17) is 5.26 Å². The van der Waals surface area contributed by atoms with Crippen molar-refractivity contribution in [3.05, 3.63) is 58.9 Å². The van der Waals surface area contributed by atoms with Crippen LogP contribution in [0.15, 0.2) is 30.5 Å². The van der Waals surface area contributed by atoms with E-state index < -0.39 is 29.6 Å². The second-order valence-electron chi connectivity index (χ2n) is 4.93. The number of esters is 1. The molecule has 1 amide bonds. The summed E-state index contributed by atoms with van der Waals surface area (Å²) in [5.74, 6) is -3.43. The first-order valence-corrected chi connectivity index (χ1v) is 6.77. The fraction of sp³-hybridized carbons (Fsp3) is 0.188. The molecule has 0 aliphatic rings. The molecule has 0 aliphatic heterocycles. The number of benzene rings is 1. The Bertz CT molecular complexity index is 840. The Hall–Kier alpha value is -3.21. The van der Waals surface area contributed by atoms with Crippen LogP contribution in [0.2, 0.25) is 0 Å². The van der Waals surface area contributed by atoms with Gasteiger partial charge in [-0.15, -0.1) is 0 Å². The highest BCUT2D eigenvalue weighted by atomic mass is 19.1. The van der Waals surface area contributed by atoms with Gasteiger partial charge in [0.25, 0.3) is 5.91 Å². The average Bonchev–Trinajstić information content (AvgIpc) is 2.93. The van der Waals surface area contributed by atoms with Crippen molar-refractivity contribution >= 4 is 11.9 Å². The van der Waals surface area contributed by atoms with Crippen LogP contribution in [-0.4, -0.2) is 23.6 Å². The van der Waals surface area contributed by atoms with Crippen LogP contribution >= 0.6 is 0 Å². The number of hydrogen-bond donors (Lipinski definition) is 1. The molecular formula is C16H13F2N3O3. The van der Waals surface area contributed by atoms with Gasteiger partial charge in [0.1, 0.15) is 23.4 Å². The summed E-state index contributed by atoms with van der Waals surface area (Å²) in [7, 11) is 2.63. The van der Waals surface area contributed by atoms with Crippen LogP contribution in [0.5, 0.6) is 0 Å². The summed E-state index contributed by atoms with van der Waals surface area (Å²) in [5, 5.41) is 11.2. The molecular weight excluding hydrogens is 320 g/mol. The van der Waals surface area contributed by atoms with Crippen LogP contribution in [0.25, 0.3) is 0 Å². The Kier molecular flexibility index (Phi) is 4.94. The van der Waals surface area contributed by atoms with Gasteiger partial charge >= 0.3 is 5.97 Å². The fourth-order valence-electron chi connectivity index (χ4n) is 2.17. The molecule has 0 saturated heterocycles. The zero-order chi connectivity index (χ0) is 17.9. The highest BCUT2D eigenvalue weighted by Gasteiger charge is 2.28. The quantitative estimate of drug-likeness (QED) is 0.865. The van der Waals surface area contributed by atoms with Gasteiger partial charge in [-0.25, -0.2) is 13.6 Å². The van der Waals surface area contributed by atoms with E-state index in [0.717, 1.165) is 19.2 Å². The van der Waals surface area contributed by atoms with E-state index in [-0.39, 0.29) is 16.8 Å². The normalized spacial score (nSPS) is 11.5. The first-order valence-electron chi connectivity index (χ1n) is 6.77. The Labute approximate surface area is 136 Å². The number of aromatic nitrogens is 1. The lowest BCUT2D eigenvalue weighted by Gasteiger charge is -2.17. The van der Waals surface area contributed by atoms with Crippen molar-refractivity contribution in [3.63, 3.8) is 0 Å². The maximum absolute atomic E-state index is 13.9. The van der Waals surface area contributed by atoms with Gasteiger partial charge in [0.15, 0.2) is 6.04 Å². The van der Waals surface area contributed by atoms with E-state index in [1.165, 1.54) is 16.8 Å². The third-order valence-electron chi connectivity index (χ3n) is 3.35. The zero-order valence-corrected chi connectivity index (χ0v) is 12.8. The van der Waals surface area contributed by atoms with Crippen LogP contribution in [0.1, 0.15) is 27.7 Å². The summed E-state index contributed by atoms with van der Waals surface area (Å²) in [5.41, 5.74) is 0.125. The largest absolute Gasteiger partial charge is 0.467 e. The topological polar surface area (TPSA) is 84.1 Å². The van der Waals surface area contributed by atoms with Gasteiger partial charge in [-0.05, 0) is 12.1 Å². The van der Waals surface area contributed by atoms with Crippen molar-refractivity contribution in [2.75, 3.05) is 7.11 Å². The lowest BCUT2D eigenvalue weighted by atomic mass is 10.1. The van der Waals surface area contributed by atoms with Crippen molar-refractivity contribution in [2.24, 2.45) is 7.05 Å². The smallest absolute Gasteiger partial charge is 0.333 e. The number of rotatable bonds is 4. The number of nitrogens with one attached hydrogen (secondary N) is 1. The van der Waals surface area contributed by atoms with E-state index >= 15 is 0 Å². The zero-order valence-electron chi connectivity index (χ0n) is 12.8. The molecule has 2 rings (SSSR count). The number of nitriles is 1. The second-order valence-corrected chi connectivity index (χ2v) is 4.93. The van der Waals surface area contributed by atoms with Gasteiger partial charge in [0.2, 0.25) is 0 Å². The molecule has 1 aromatic carbocycles. The maximum Gasteiger partial charge on any atom is 0.333 e. The molecule has 24 heavy (non-hydrogen) atoms. The number of methoxy groups -OCH3 is 1. The van der Waals surface area contributed by atoms with Crippen LogP contribution < -0.4 is 5.32 Å². The Balaban J connectivity index is 2.36. The summed E-state index contributed by atoms with van der Waals surface area (Å²) in [6, 6.07) is 4.38. The van der Waals surface area contributed by atoms with E-state index in [1.807, 2.05) is 6.07 Å². The van der Waals surface area contributed by atoms with Crippen LogP contribution in [-0.2, 0) is 16.6 Å². The second kappa shape index (κ2) is 6.91. The predicted octanol–water partition coefficient (Wildman–Crippen LogP) is 1.82. The van der Waals surface area contributed by atoms with E-state index in [2.05, 4.69) is 10.1 Å². The Morgan fingerprint density at radius 1 is 1.33 bits per heavy atom. The number of ether oxygens (including phenoxy) is 1. The number of hydrogen-bond acceptors (Lipinski definition) is 4. The molecule has 1 atom stereocenters. The molecule has 0 fully saturated rings. The lowest BCUT2D eigenvalue weighted by Crippen LogP contribution is -2.36. The SMILES string of the molecule is COC(=O)C(NC(=O)c1cc(C#N)cn1C)c1ccc(F)cc1F. The number of carbonyl (C=O) groups is 2. The van der Waals surface area contributed by atoms with E-state index in [0.29, 0.717) is 6.07 Å². The molecule has 0 bridgehead atoms. The van der Waals surface area contributed by atoms with Gasteiger partial charge in [0, 0.05) is 24.9 Å². The molecule has 0 radical (unpaired) electrons. The van der Waals surface area contributed by atoms with E-state index in [1.54, 1.807) is 7.05 Å². The number of carbonyl (C=O) groups excluding carboxylic acids is 2. The molecule has 0 spiro atoms. The maximum atomic E-state index is 13.9. The van der Waals surface area contributed by atoms with Gasteiger partial charge in [-0.2, -0.15) is 5.26 Å². The summed E-state index contributed by atoms with van der Waals surface area (Å²) in [4.78, 5) is 24.2. The summed E-state index contributed by atoms with van der Waals surface area (Å²) in [6.45, 7) is 0. The number of halogens is 2. The van der Waals surface area contributed by atoms with Crippen LogP contribution in [0.3, 0.4) is 0 Å². The average molecular weight is 333 g/mol. The minimum Gasteiger partial charge on any atom is -0.467 e. The van der Waals surface area contributed by atoms with Gasteiger partial charge in [-0.1, -0.05) is 6.07 Å². The minimum absolute atomic E-state index is 0.1000. The number of aryl methyl sites for hydroxylation is 1. The summed E-state index contributed by atoms with van der Waals surface area (Å²) >= 11 is 0. The third-order valence-corrected chi connectivity index (χ3v) is 3.35. The molecule has 8 heteroatoms. The summed E-state index contributed by atoms with van der Waals surface area (Å²) < 4.78 is 32.9. The molecule has 6 nitrogen and oxygen atoms in total. The van der Waals surface area contributed by atoms with Crippen molar-refractivity contribution in [1.29, 1.82) is 5.26 Å². The lowest BCUT2D eigenvalue weighted by molar-refractivity contribution is -0.143. The molecule has 0 aliphatic carbocycles. The van der Waals surface area contributed by atoms with Crippen molar-refractivity contribution < 1.29 is 23.1 Å². The predicted molar refractivity (Wildman–Crippen MR) is 78.7 cm³/mol. The monoisotopic (exact) mass is 333 g/mol. The Morgan fingerprint density at radius 3 is 2.58 bits per heavy atom. The first kappa shape index (κ1) is 17.1. The van der Waals surface area contributed by atoms with E-state index in [9.17, 15) is 18.4 Å². The van der Waals surface area contributed by atoms with Crippen molar-refractivity contribution in [3.8, 4) is 6.07 Å². The molecule has 1 heterocycles. The first-order chi connectivity index (χ1) is 11.4. The Morgan fingerprint density at radius 2 is 2.04 bits per heavy atom. The van der Waals surface area contributed by atoms with Gasteiger partial charge in [0.05, 0.1) is 12.7 Å².